The first-order valence-electron chi connectivity index (χ1n) is 5.87. The highest BCUT2D eigenvalue weighted by Crippen LogP contribution is 2.30. The molecule has 88 valence electrons. The van der Waals surface area contributed by atoms with E-state index in [4.69, 9.17) is 4.74 Å². The van der Waals surface area contributed by atoms with Crippen LogP contribution in [0.4, 0.5) is 0 Å². The van der Waals surface area contributed by atoms with E-state index in [0.29, 0.717) is 11.8 Å². The standard InChI is InChI=1S/C12H21IO2/c1-4-11(13)12(14)15-10-6-8(2)5-9(3)7-10/h8-11H,4-7H2,1-3H3. The zero-order valence-electron chi connectivity index (χ0n) is 9.83. The number of esters is 1. The highest BCUT2D eigenvalue weighted by molar-refractivity contribution is 14.1. The maximum absolute atomic E-state index is 11.6. The minimum Gasteiger partial charge on any atom is -0.462 e. The molecule has 0 aliphatic heterocycles. The molecule has 1 aliphatic rings. The fourth-order valence-electron chi connectivity index (χ4n) is 2.37. The van der Waals surface area contributed by atoms with E-state index in [-0.39, 0.29) is 16.0 Å². The van der Waals surface area contributed by atoms with Crippen molar-refractivity contribution in [3.8, 4) is 0 Å². The second-order valence-corrected chi connectivity index (χ2v) is 6.36. The quantitative estimate of drug-likeness (QED) is 0.451. The van der Waals surface area contributed by atoms with Crippen LogP contribution in [-0.2, 0) is 9.53 Å². The fraction of sp³-hybridized carbons (Fsp3) is 0.917. The van der Waals surface area contributed by atoms with Crippen molar-refractivity contribution < 1.29 is 9.53 Å². The van der Waals surface area contributed by atoms with E-state index in [0.717, 1.165) is 19.3 Å². The zero-order chi connectivity index (χ0) is 11.4. The van der Waals surface area contributed by atoms with E-state index < -0.39 is 0 Å². The van der Waals surface area contributed by atoms with Crippen LogP contribution in [0, 0.1) is 11.8 Å². The van der Waals surface area contributed by atoms with Crippen LogP contribution in [0.3, 0.4) is 0 Å². The molecule has 0 radical (unpaired) electrons. The zero-order valence-corrected chi connectivity index (χ0v) is 12.0. The van der Waals surface area contributed by atoms with Gasteiger partial charge in [-0.25, -0.2) is 0 Å². The van der Waals surface area contributed by atoms with Gasteiger partial charge in [0.1, 0.15) is 10.0 Å². The van der Waals surface area contributed by atoms with Gasteiger partial charge in [-0.15, -0.1) is 0 Å². The number of ether oxygens (including phenoxy) is 1. The maximum Gasteiger partial charge on any atom is 0.319 e. The van der Waals surface area contributed by atoms with Crippen molar-refractivity contribution in [2.45, 2.75) is 56.5 Å². The van der Waals surface area contributed by atoms with Gasteiger partial charge in [-0.3, -0.25) is 4.79 Å². The van der Waals surface area contributed by atoms with Gasteiger partial charge < -0.3 is 4.74 Å². The molecule has 0 aromatic heterocycles. The summed E-state index contributed by atoms with van der Waals surface area (Å²) < 4.78 is 5.56. The first-order valence-corrected chi connectivity index (χ1v) is 7.12. The summed E-state index contributed by atoms with van der Waals surface area (Å²) in [7, 11) is 0. The van der Waals surface area contributed by atoms with Crippen molar-refractivity contribution in [1.82, 2.24) is 0 Å². The topological polar surface area (TPSA) is 26.3 Å². The highest BCUT2D eigenvalue weighted by atomic mass is 127. The lowest BCUT2D eigenvalue weighted by atomic mass is 9.82. The van der Waals surface area contributed by atoms with Gasteiger partial charge in [0.2, 0.25) is 0 Å². The fourth-order valence-corrected chi connectivity index (χ4v) is 2.52. The van der Waals surface area contributed by atoms with Gasteiger partial charge >= 0.3 is 5.97 Å². The largest absolute Gasteiger partial charge is 0.462 e. The molecule has 15 heavy (non-hydrogen) atoms. The number of carbonyl (C=O) groups is 1. The summed E-state index contributed by atoms with van der Waals surface area (Å²) in [6, 6.07) is 0. The molecule has 0 bridgehead atoms. The Kier molecular flexibility index (Phi) is 5.36. The molecule has 1 saturated carbocycles. The van der Waals surface area contributed by atoms with Crippen LogP contribution < -0.4 is 0 Å². The van der Waals surface area contributed by atoms with Gasteiger partial charge in [0.25, 0.3) is 0 Å². The Hall–Kier alpha value is 0.200. The van der Waals surface area contributed by atoms with Crippen molar-refractivity contribution in [2.75, 3.05) is 0 Å². The molecule has 0 aromatic carbocycles. The van der Waals surface area contributed by atoms with E-state index in [1.54, 1.807) is 0 Å². The molecule has 1 rings (SSSR count). The van der Waals surface area contributed by atoms with Gasteiger partial charge in [-0.1, -0.05) is 43.4 Å². The average Bonchev–Trinajstić information content (AvgIpc) is 2.14. The molecule has 0 amide bonds. The predicted molar refractivity (Wildman–Crippen MR) is 70.2 cm³/mol. The number of alkyl halides is 1. The second kappa shape index (κ2) is 6.06. The van der Waals surface area contributed by atoms with Crippen LogP contribution in [-0.4, -0.2) is 16.0 Å². The number of halogens is 1. The number of hydrogen-bond donors (Lipinski definition) is 0. The Morgan fingerprint density at radius 2 is 1.87 bits per heavy atom. The Morgan fingerprint density at radius 3 is 2.33 bits per heavy atom. The normalized spacial score (nSPS) is 33.5. The first kappa shape index (κ1) is 13.3. The lowest BCUT2D eigenvalue weighted by Crippen LogP contribution is -2.31. The van der Waals surface area contributed by atoms with Crippen LogP contribution in [0.25, 0.3) is 0 Å². The lowest BCUT2D eigenvalue weighted by molar-refractivity contribution is -0.150. The molecular weight excluding hydrogens is 303 g/mol. The van der Waals surface area contributed by atoms with E-state index in [2.05, 4.69) is 36.4 Å². The summed E-state index contributed by atoms with van der Waals surface area (Å²) >= 11 is 2.16. The minimum atomic E-state index is -0.0237. The van der Waals surface area contributed by atoms with Crippen molar-refractivity contribution in [3.05, 3.63) is 0 Å². The molecular formula is C12H21IO2. The Balaban J connectivity index is 2.40. The minimum absolute atomic E-state index is 0.0233. The number of hydrogen-bond acceptors (Lipinski definition) is 2. The third-order valence-corrected chi connectivity index (χ3v) is 4.42. The van der Waals surface area contributed by atoms with Crippen LogP contribution in [0.1, 0.15) is 46.5 Å². The number of rotatable bonds is 3. The molecule has 0 heterocycles. The summed E-state index contributed by atoms with van der Waals surface area (Å²) in [4.78, 5) is 11.6. The molecule has 0 saturated heterocycles. The average molecular weight is 324 g/mol. The Bertz CT molecular complexity index is 208. The SMILES string of the molecule is CCC(I)C(=O)OC1CC(C)CC(C)C1. The molecule has 0 spiro atoms. The van der Waals surface area contributed by atoms with Crippen LogP contribution >= 0.6 is 22.6 Å². The molecule has 2 nitrogen and oxygen atoms in total. The van der Waals surface area contributed by atoms with Crippen molar-refractivity contribution in [1.29, 1.82) is 0 Å². The summed E-state index contributed by atoms with van der Waals surface area (Å²) in [5.41, 5.74) is 0. The summed E-state index contributed by atoms with van der Waals surface area (Å²) in [6.45, 7) is 6.51. The summed E-state index contributed by atoms with van der Waals surface area (Å²) in [5, 5.41) is 0. The van der Waals surface area contributed by atoms with Crippen LogP contribution in [0.5, 0.6) is 0 Å². The van der Waals surface area contributed by atoms with Gasteiger partial charge in [0.05, 0.1) is 0 Å². The summed E-state index contributed by atoms with van der Waals surface area (Å²) in [6.07, 6.45) is 4.39. The molecule has 1 aliphatic carbocycles. The predicted octanol–water partition coefficient (Wildman–Crippen LogP) is 3.57. The van der Waals surface area contributed by atoms with Crippen LogP contribution in [0.2, 0.25) is 0 Å². The Morgan fingerprint density at radius 1 is 1.33 bits per heavy atom. The highest BCUT2D eigenvalue weighted by Gasteiger charge is 2.27. The van der Waals surface area contributed by atoms with Gasteiger partial charge in [-0.2, -0.15) is 0 Å². The van der Waals surface area contributed by atoms with Crippen molar-refractivity contribution in [2.24, 2.45) is 11.8 Å². The number of carbonyl (C=O) groups excluding carboxylic acids is 1. The lowest BCUT2D eigenvalue weighted by Gasteiger charge is -2.31. The van der Waals surface area contributed by atoms with Gasteiger partial charge in [0, 0.05) is 0 Å². The molecule has 1 fully saturated rings. The van der Waals surface area contributed by atoms with E-state index in [1.807, 2.05) is 6.92 Å². The van der Waals surface area contributed by atoms with Crippen molar-refractivity contribution in [3.63, 3.8) is 0 Å². The molecule has 3 unspecified atom stereocenters. The summed E-state index contributed by atoms with van der Waals surface area (Å²) in [5.74, 6) is 1.37. The van der Waals surface area contributed by atoms with Crippen molar-refractivity contribution >= 4 is 28.6 Å². The maximum atomic E-state index is 11.6. The van der Waals surface area contributed by atoms with Gasteiger partial charge in [0.15, 0.2) is 0 Å². The first-order chi connectivity index (χ1) is 7.02. The van der Waals surface area contributed by atoms with Crippen LogP contribution in [0.15, 0.2) is 0 Å². The van der Waals surface area contributed by atoms with E-state index >= 15 is 0 Å². The Labute approximate surface area is 106 Å². The van der Waals surface area contributed by atoms with E-state index in [9.17, 15) is 4.79 Å². The molecule has 0 N–H and O–H groups in total. The van der Waals surface area contributed by atoms with Gasteiger partial charge in [-0.05, 0) is 37.5 Å². The second-order valence-electron chi connectivity index (χ2n) is 4.85. The smallest absolute Gasteiger partial charge is 0.319 e. The third kappa shape index (κ3) is 4.29. The molecule has 3 atom stereocenters. The van der Waals surface area contributed by atoms with E-state index in [1.165, 1.54) is 6.42 Å². The molecule has 0 aromatic rings. The molecule has 3 heteroatoms. The monoisotopic (exact) mass is 324 g/mol. The third-order valence-electron chi connectivity index (χ3n) is 3.03.